The summed E-state index contributed by atoms with van der Waals surface area (Å²) >= 11 is 0. The molecule has 18 heavy (non-hydrogen) atoms. The van der Waals surface area contributed by atoms with Crippen LogP contribution < -0.4 is 10.1 Å². The number of para-hydroxylation sites is 1. The molecule has 1 atom stereocenters. The number of hydrogen-bond acceptors (Lipinski definition) is 3. The van der Waals surface area contributed by atoms with Gasteiger partial charge in [-0.3, -0.25) is 0 Å². The SMILES string of the molecule is CCNC(COCCOc1ccccc1)C1CC1. The Labute approximate surface area is 109 Å². The van der Waals surface area contributed by atoms with Gasteiger partial charge in [0.15, 0.2) is 0 Å². The van der Waals surface area contributed by atoms with Crippen LogP contribution in [0.5, 0.6) is 5.75 Å². The molecule has 2 rings (SSSR count). The molecule has 1 N–H and O–H groups in total. The second-order valence-corrected chi connectivity index (χ2v) is 4.74. The highest BCUT2D eigenvalue weighted by molar-refractivity contribution is 5.20. The lowest BCUT2D eigenvalue weighted by Gasteiger charge is -2.17. The lowest BCUT2D eigenvalue weighted by molar-refractivity contribution is 0.0793. The van der Waals surface area contributed by atoms with Crippen molar-refractivity contribution >= 4 is 0 Å². The molecule has 3 nitrogen and oxygen atoms in total. The Hall–Kier alpha value is -1.06. The van der Waals surface area contributed by atoms with Gasteiger partial charge in [0.2, 0.25) is 0 Å². The van der Waals surface area contributed by atoms with Crippen LogP contribution in [0.3, 0.4) is 0 Å². The second-order valence-electron chi connectivity index (χ2n) is 4.74. The van der Waals surface area contributed by atoms with Crippen molar-refractivity contribution in [2.24, 2.45) is 5.92 Å². The minimum absolute atomic E-state index is 0.534. The molecule has 0 heterocycles. The van der Waals surface area contributed by atoms with Crippen LogP contribution in [0.2, 0.25) is 0 Å². The third-order valence-electron chi connectivity index (χ3n) is 3.19. The Balaban J connectivity index is 1.55. The zero-order valence-electron chi connectivity index (χ0n) is 11.1. The predicted octanol–water partition coefficient (Wildman–Crippen LogP) is 2.47. The minimum Gasteiger partial charge on any atom is -0.491 e. The van der Waals surface area contributed by atoms with Crippen LogP contribution in [0.4, 0.5) is 0 Å². The molecule has 1 aromatic rings. The summed E-state index contributed by atoms with van der Waals surface area (Å²) in [6.07, 6.45) is 2.70. The second kappa shape index (κ2) is 7.39. The van der Waals surface area contributed by atoms with Gasteiger partial charge in [-0.1, -0.05) is 25.1 Å². The molecule has 100 valence electrons. The maximum Gasteiger partial charge on any atom is 0.119 e. The van der Waals surface area contributed by atoms with Crippen LogP contribution in [0.1, 0.15) is 19.8 Å². The van der Waals surface area contributed by atoms with Crippen molar-refractivity contribution in [1.29, 1.82) is 0 Å². The van der Waals surface area contributed by atoms with Gasteiger partial charge in [-0.05, 0) is 37.4 Å². The highest BCUT2D eigenvalue weighted by atomic mass is 16.5. The van der Waals surface area contributed by atoms with E-state index in [9.17, 15) is 0 Å². The summed E-state index contributed by atoms with van der Waals surface area (Å²) in [6.45, 7) is 5.24. The smallest absolute Gasteiger partial charge is 0.119 e. The van der Waals surface area contributed by atoms with Crippen molar-refractivity contribution in [3.63, 3.8) is 0 Å². The summed E-state index contributed by atoms with van der Waals surface area (Å²) in [4.78, 5) is 0. The van der Waals surface area contributed by atoms with Gasteiger partial charge < -0.3 is 14.8 Å². The van der Waals surface area contributed by atoms with Gasteiger partial charge in [0, 0.05) is 6.04 Å². The number of hydrogen-bond donors (Lipinski definition) is 1. The van der Waals surface area contributed by atoms with Crippen LogP contribution in [-0.4, -0.2) is 32.4 Å². The Morgan fingerprint density at radius 1 is 1.22 bits per heavy atom. The fraction of sp³-hybridized carbons (Fsp3) is 0.600. The van der Waals surface area contributed by atoms with Crippen LogP contribution >= 0.6 is 0 Å². The van der Waals surface area contributed by atoms with Crippen molar-refractivity contribution in [3.8, 4) is 5.75 Å². The molecule has 1 unspecified atom stereocenters. The van der Waals surface area contributed by atoms with Crippen molar-refractivity contribution < 1.29 is 9.47 Å². The summed E-state index contributed by atoms with van der Waals surface area (Å²) in [5.74, 6) is 1.74. The van der Waals surface area contributed by atoms with E-state index in [4.69, 9.17) is 9.47 Å². The zero-order valence-corrected chi connectivity index (χ0v) is 11.1. The van der Waals surface area contributed by atoms with Gasteiger partial charge in [-0.2, -0.15) is 0 Å². The Kier molecular flexibility index (Phi) is 5.49. The molecule has 1 aliphatic carbocycles. The number of rotatable bonds is 9. The van der Waals surface area contributed by atoms with E-state index >= 15 is 0 Å². The van der Waals surface area contributed by atoms with Crippen molar-refractivity contribution in [2.75, 3.05) is 26.4 Å². The molecule has 1 aromatic carbocycles. The summed E-state index contributed by atoms with van der Waals surface area (Å²) in [5.41, 5.74) is 0. The third-order valence-corrected chi connectivity index (χ3v) is 3.19. The highest BCUT2D eigenvalue weighted by Crippen LogP contribution is 2.32. The normalized spacial score (nSPS) is 16.5. The first-order valence-corrected chi connectivity index (χ1v) is 6.89. The van der Waals surface area contributed by atoms with Crippen LogP contribution in [0.25, 0.3) is 0 Å². The standard InChI is InChI=1S/C15H23NO2/c1-2-16-15(13-8-9-13)12-17-10-11-18-14-6-4-3-5-7-14/h3-7,13,15-16H,2,8-12H2,1H3. The molecule has 0 saturated heterocycles. The first kappa shape index (κ1) is 13.4. The molecule has 3 heteroatoms. The maximum absolute atomic E-state index is 5.68. The number of ether oxygens (including phenoxy) is 2. The number of likely N-dealkylation sites (N-methyl/N-ethyl adjacent to an activating group) is 1. The van der Waals surface area contributed by atoms with E-state index in [1.807, 2.05) is 30.3 Å². The summed E-state index contributed by atoms with van der Waals surface area (Å²) < 4.78 is 11.3. The van der Waals surface area contributed by atoms with E-state index < -0.39 is 0 Å². The molecule has 0 amide bonds. The van der Waals surface area contributed by atoms with E-state index in [1.54, 1.807) is 0 Å². The minimum atomic E-state index is 0.534. The fourth-order valence-corrected chi connectivity index (χ4v) is 2.07. The average molecular weight is 249 g/mol. The van der Waals surface area contributed by atoms with E-state index in [2.05, 4.69) is 12.2 Å². The zero-order chi connectivity index (χ0) is 12.6. The molecule has 1 aliphatic rings. The maximum atomic E-state index is 5.68. The molecule has 1 saturated carbocycles. The van der Waals surface area contributed by atoms with E-state index in [0.717, 1.165) is 24.8 Å². The van der Waals surface area contributed by atoms with Crippen LogP contribution in [-0.2, 0) is 4.74 Å². The van der Waals surface area contributed by atoms with Gasteiger partial charge >= 0.3 is 0 Å². The summed E-state index contributed by atoms with van der Waals surface area (Å²) in [7, 11) is 0. The van der Waals surface area contributed by atoms with Crippen molar-refractivity contribution in [3.05, 3.63) is 30.3 Å². The van der Waals surface area contributed by atoms with Gasteiger partial charge in [-0.25, -0.2) is 0 Å². The van der Waals surface area contributed by atoms with Crippen molar-refractivity contribution in [2.45, 2.75) is 25.8 Å². The lowest BCUT2D eigenvalue weighted by atomic mass is 10.2. The Morgan fingerprint density at radius 3 is 2.67 bits per heavy atom. The number of nitrogens with one attached hydrogen (secondary N) is 1. The quantitative estimate of drug-likeness (QED) is 0.682. The highest BCUT2D eigenvalue weighted by Gasteiger charge is 2.30. The molecular formula is C15H23NO2. The molecule has 0 bridgehead atoms. The fourth-order valence-electron chi connectivity index (χ4n) is 2.07. The molecule has 0 aromatic heterocycles. The molecule has 0 spiro atoms. The Bertz CT molecular complexity index is 325. The molecule has 1 fully saturated rings. The molecule has 0 aliphatic heterocycles. The average Bonchev–Trinajstić information content (AvgIpc) is 3.23. The number of benzene rings is 1. The van der Waals surface area contributed by atoms with E-state index in [0.29, 0.717) is 19.3 Å². The lowest BCUT2D eigenvalue weighted by Crippen LogP contribution is -2.35. The monoisotopic (exact) mass is 249 g/mol. The first-order chi connectivity index (χ1) is 8.90. The van der Waals surface area contributed by atoms with E-state index in [-0.39, 0.29) is 0 Å². The predicted molar refractivity (Wildman–Crippen MR) is 72.9 cm³/mol. The van der Waals surface area contributed by atoms with Gasteiger partial charge in [0.25, 0.3) is 0 Å². The third kappa shape index (κ3) is 4.67. The van der Waals surface area contributed by atoms with Gasteiger partial charge in [0.1, 0.15) is 12.4 Å². The summed E-state index contributed by atoms with van der Waals surface area (Å²) in [6, 6.07) is 10.4. The topological polar surface area (TPSA) is 30.5 Å². The van der Waals surface area contributed by atoms with Crippen molar-refractivity contribution in [1.82, 2.24) is 5.32 Å². The van der Waals surface area contributed by atoms with Gasteiger partial charge in [-0.15, -0.1) is 0 Å². The van der Waals surface area contributed by atoms with Crippen LogP contribution in [0, 0.1) is 5.92 Å². The van der Waals surface area contributed by atoms with Crippen LogP contribution in [0.15, 0.2) is 30.3 Å². The molecular weight excluding hydrogens is 226 g/mol. The Morgan fingerprint density at radius 2 is 2.00 bits per heavy atom. The largest absolute Gasteiger partial charge is 0.491 e. The van der Waals surface area contributed by atoms with Gasteiger partial charge in [0.05, 0.1) is 13.2 Å². The summed E-state index contributed by atoms with van der Waals surface area (Å²) in [5, 5.41) is 3.49. The first-order valence-electron chi connectivity index (χ1n) is 6.89. The van der Waals surface area contributed by atoms with E-state index in [1.165, 1.54) is 12.8 Å². The molecule has 0 radical (unpaired) electrons.